The van der Waals surface area contributed by atoms with Crippen LogP contribution >= 0.6 is 0 Å². The molecular formula is C26H26N2O5. The van der Waals surface area contributed by atoms with E-state index >= 15 is 0 Å². The number of para-hydroxylation sites is 2. The molecule has 3 aromatic rings. The highest BCUT2D eigenvalue weighted by Crippen LogP contribution is 2.52. The molecule has 2 aliphatic rings. The van der Waals surface area contributed by atoms with E-state index in [1.165, 1.54) is 4.90 Å². The van der Waals surface area contributed by atoms with Crippen molar-refractivity contribution in [3.8, 4) is 0 Å². The summed E-state index contributed by atoms with van der Waals surface area (Å²) in [7, 11) is 0. The molecule has 0 saturated heterocycles. The van der Waals surface area contributed by atoms with Gasteiger partial charge in [0.2, 0.25) is 5.76 Å². The van der Waals surface area contributed by atoms with E-state index in [4.69, 9.17) is 9.15 Å². The van der Waals surface area contributed by atoms with Crippen LogP contribution in [0.2, 0.25) is 0 Å². The first-order valence-corrected chi connectivity index (χ1v) is 11.4. The van der Waals surface area contributed by atoms with E-state index in [1.54, 1.807) is 29.2 Å². The molecule has 0 saturated carbocycles. The summed E-state index contributed by atoms with van der Waals surface area (Å²) in [6.07, 6.45) is 1.28. The summed E-state index contributed by atoms with van der Waals surface area (Å²) >= 11 is 0. The quantitative estimate of drug-likeness (QED) is 0.518. The summed E-state index contributed by atoms with van der Waals surface area (Å²) in [5.41, 5.74) is -0.0331. The van der Waals surface area contributed by atoms with Crippen LogP contribution < -0.4 is 10.3 Å². The van der Waals surface area contributed by atoms with Crippen molar-refractivity contribution < 1.29 is 18.7 Å². The third-order valence-electron chi connectivity index (χ3n) is 6.46. The van der Waals surface area contributed by atoms with E-state index in [1.807, 2.05) is 38.1 Å². The number of carbonyl (C=O) groups is 2. The molecule has 1 unspecified atom stereocenters. The molecule has 0 fully saturated rings. The molecule has 170 valence electrons. The van der Waals surface area contributed by atoms with Gasteiger partial charge in [0, 0.05) is 31.9 Å². The molecule has 0 radical (unpaired) electrons. The summed E-state index contributed by atoms with van der Waals surface area (Å²) in [6.45, 7) is 5.68. The van der Waals surface area contributed by atoms with Crippen LogP contribution in [-0.2, 0) is 15.1 Å². The Labute approximate surface area is 191 Å². The molecule has 5 rings (SSSR count). The van der Waals surface area contributed by atoms with Crippen molar-refractivity contribution in [1.29, 1.82) is 0 Å². The van der Waals surface area contributed by atoms with Gasteiger partial charge >= 0.3 is 0 Å². The predicted molar refractivity (Wildman–Crippen MR) is 124 cm³/mol. The standard InChI is InChI=1S/C26H26N2O5/c1-3-14-27-19-12-7-6-11-18(19)26(25(27)31)21-22(29)17-10-5-8-13-20(17)33-23(21)24(30)28(26)15-9-16-32-4-2/h5-8,10-13H,3-4,9,14-16H2,1-2H3. The van der Waals surface area contributed by atoms with Gasteiger partial charge in [-0.1, -0.05) is 37.3 Å². The van der Waals surface area contributed by atoms with Crippen molar-refractivity contribution in [2.24, 2.45) is 0 Å². The molecule has 0 N–H and O–H groups in total. The van der Waals surface area contributed by atoms with Gasteiger partial charge in [0.1, 0.15) is 5.58 Å². The SMILES string of the molecule is CCCN1C(=O)C2(c3ccccc31)c1c(oc3ccccc3c1=O)C(=O)N2CCCOCC. The minimum Gasteiger partial charge on any atom is -0.450 e. The molecule has 7 heteroatoms. The minimum atomic E-state index is -1.53. The van der Waals surface area contributed by atoms with Gasteiger partial charge in [-0.3, -0.25) is 14.4 Å². The van der Waals surface area contributed by atoms with Crippen LogP contribution in [0.1, 0.15) is 48.4 Å². The summed E-state index contributed by atoms with van der Waals surface area (Å²) in [5, 5.41) is 0.360. The third-order valence-corrected chi connectivity index (χ3v) is 6.46. The number of hydrogen-bond donors (Lipinski definition) is 0. The lowest BCUT2D eigenvalue weighted by atomic mass is 9.84. The van der Waals surface area contributed by atoms with E-state index in [2.05, 4.69) is 0 Å². The Morgan fingerprint density at radius 1 is 0.970 bits per heavy atom. The predicted octanol–water partition coefficient (Wildman–Crippen LogP) is 3.68. The highest BCUT2D eigenvalue weighted by Gasteiger charge is 2.64. The van der Waals surface area contributed by atoms with Gasteiger partial charge in [-0.2, -0.15) is 0 Å². The topological polar surface area (TPSA) is 80.1 Å². The normalized spacial score (nSPS) is 19.1. The summed E-state index contributed by atoms with van der Waals surface area (Å²) in [5.74, 6) is -0.765. The lowest BCUT2D eigenvalue weighted by Crippen LogP contribution is -2.53. The molecule has 1 atom stereocenters. The van der Waals surface area contributed by atoms with Crippen molar-refractivity contribution in [3.63, 3.8) is 0 Å². The second kappa shape index (κ2) is 8.15. The Morgan fingerprint density at radius 2 is 1.73 bits per heavy atom. The Balaban J connectivity index is 1.80. The second-order valence-corrected chi connectivity index (χ2v) is 8.32. The highest BCUT2D eigenvalue weighted by atomic mass is 16.5. The molecule has 0 bridgehead atoms. The number of nitrogens with zero attached hydrogens (tertiary/aromatic N) is 2. The smallest absolute Gasteiger partial charge is 0.291 e. The van der Waals surface area contributed by atoms with Gasteiger partial charge in [-0.25, -0.2) is 0 Å². The monoisotopic (exact) mass is 446 g/mol. The number of amides is 2. The Hall–Kier alpha value is -3.45. The van der Waals surface area contributed by atoms with Crippen LogP contribution in [0.5, 0.6) is 0 Å². The average Bonchev–Trinajstić information content (AvgIpc) is 3.22. The van der Waals surface area contributed by atoms with Crippen molar-refractivity contribution in [2.75, 3.05) is 31.2 Å². The zero-order valence-corrected chi connectivity index (χ0v) is 18.8. The Bertz CT molecular complexity index is 1310. The van der Waals surface area contributed by atoms with Crippen LogP contribution in [0.3, 0.4) is 0 Å². The lowest BCUT2D eigenvalue weighted by Gasteiger charge is -2.34. The molecule has 3 heterocycles. The first kappa shape index (κ1) is 21.4. The molecule has 7 nitrogen and oxygen atoms in total. The van der Waals surface area contributed by atoms with Crippen LogP contribution in [0.4, 0.5) is 5.69 Å². The largest absolute Gasteiger partial charge is 0.450 e. The summed E-state index contributed by atoms with van der Waals surface area (Å²) in [4.78, 5) is 45.0. The van der Waals surface area contributed by atoms with Gasteiger partial charge in [0.05, 0.1) is 16.6 Å². The molecule has 33 heavy (non-hydrogen) atoms. The van der Waals surface area contributed by atoms with Crippen molar-refractivity contribution in [1.82, 2.24) is 4.90 Å². The fourth-order valence-electron chi connectivity index (χ4n) is 5.15. The van der Waals surface area contributed by atoms with Gasteiger partial charge < -0.3 is 19.0 Å². The van der Waals surface area contributed by atoms with Gasteiger partial charge in [-0.05, 0) is 38.0 Å². The molecule has 2 aromatic carbocycles. The van der Waals surface area contributed by atoms with Crippen LogP contribution in [-0.4, -0.2) is 43.0 Å². The summed E-state index contributed by atoms with van der Waals surface area (Å²) in [6, 6.07) is 14.3. The Morgan fingerprint density at radius 3 is 2.52 bits per heavy atom. The highest BCUT2D eigenvalue weighted by molar-refractivity contribution is 6.17. The zero-order valence-electron chi connectivity index (χ0n) is 18.8. The maximum absolute atomic E-state index is 14.2. The number of ether oxygens (including phenoxy) is 1. The molecular weight excluding hydrogens is 420 g/mol. The zero-order chi connectivity index (χ0) is 23.2. The maximum Gasteiger partial charge on any atom is 0.291 e. The number of rotatable bonds is 7. The molecule has 2 aliphatic heterocycles. The van der Waals surface area contributed by atoms with Gasteiger partial charge in [-0.15, -0.1) is 0 Å². The minimum absolute atomic E-state index is 0.0448. The number of anilines is 1. The van der Waals surface area contributed by atoms with E-state index in [0.717, 1.165) is 12.1 Å². The second-order valence-electron chi connectivity index (χ2n) is 8.32. The van der Waals surface area contributed by atoms with Crippen LogP contribution in [0.15, 0.2) is 57.7 Å². The fraction of sp³-hybridized carbons (Fsp3) is 0.346. The van der Waals surface area contributed by atoms with Crippen molar-refractivity contribution in [3.05, 3.63) is 75.6 Å². The fourth-order valence-corrected chi connectivity index (χ4v) is 5.15. The molecule has 1 spiro atoms. The summed E-state index contributed by atoms with van der Waals surface area (Å²) < 4.78 is 11.5. The van der Waals surface area contributed by atoms with Crippen LogP contribution in [0, 0.1) is 0 Å². The number of carbonyl (C=O) groups excluding carboxylic acids is 2. The average molecular weight is 447 g/mol. The number of benzene rings is 2. The Kier molecular flexibility index (Phi) is 5.29. The maximum atomic E-state index is 14.2. The number of fused-ring (bicyclic) bond motifs is 5. The molecule has 1 aromatic heterocycles. The van der Waals surface area contributed by atoms with E-state index < -0.39 is 11.4 Å². The van der Waals surface area contributed by atoms with Gasteiger partial charge in [0.25, 0.3) is 11.8 Å². The van der Waals surface area contributed by atoms with E-state index in [0.29, 0.717) is 42.7 Å². The first-order chi connectivity index (χ1) is 16.1. The van der Waals surface area contributed by atoms with E-state index in [-0.39, 0.29) is 29.2 Å². The van der Waals surface area contributed by atoms with Crippen molar-refractivity contribution >= 4 is 28.5 Å². The first-order valence-electron chi connectivity index (χ1n) is 11.4. The van der Waals surface area contributed by atoms with Crippen LogP contribution in [0.25, 0.3) is 11.0 Å². The molecule has 2 amide bonds. The lowest BCUT2D eigenvalue weighted by molar-refractivity contribution is -0.126. The van der Waals surface area contributed by atoms with Gasteiger partial charge in [0.15, 0.2) is 11.0 Å². The third kappa shape index (κ3) is 2.88. The molecule has 0 aliphatic carbocycles. The van der Waals surface area contributed by atoms with Crippen molar-refractivity contribution in [2.45, 2.75) is 32.2 Å². The van der Waals surface area contributed by atoms with E-state index in [9.17, 15) is 14.4 Å². The number of hydrogen-bond acceptors (Lipinski definition) is 5.